The van der Waals surface area contributed by atoms with Gasteiger partial charge in [0.15, 0.2) is 0 Å². The maximum atomic E-state index is 11.3. The van der Waals surface area contributed by atoms with Crippen LogP contribution in [-0.4, -0.2) is 69.1 Å². The summed E-state index contributed by atoms with van der Waals surface area (Å²) in [7, 11) is 0. The number of rotatable bonds is 22. The van der Waals surface area contributed by atoms with E-state index in [0.29, 0.717) is 26.4 Å². The molecular weight excluding hydrogens is 380 g/mol. The summed E-state index contributed by atoms with van der Waals surface area (Å²) in [4.78, 5) is 32.4. The van der Waals surface area contributed by atoms with Gasteiger partial charge in [-0.3, -0.25) is 9.59 Å². The molecule has 0 heterocycles. The van der Waals surface area contributed by atoms with Crippen LogP contribution in [0.15, 0.2) is 0 Å². The Hall–Kier alpha value is -1.51. The van der Waals surface area contributed by atoms with Gasteiger partial charge in [-0.25, -0.2) is 4.79 Å². The van der Waals surface area contributed by atoms with Gasteiger partial charge in [0.25, 0.3) is 0 Å². The van der Waals surface area contributed by atoms with Crippen LogP contribution in [0.1, 0.15) is 71.1 Å². The van der Waals surface area contributed by atoms with Crippen molar-refractivity contribution in [3.05, 3.63) is 0 Å². The summed E-state index contributed by atoms with van der Waals surface area (Å²) >= 11 is 0. The smallest absolute Gasteiger partial charge is 0.372 e. The van der Waals surface area contributed by atoms with Gasteiger partial charge in [-0.1, -0.05) is 51.9 Å². The van der Waals surface area contributed by atoms with E-state index in [2.05, 4.69) is 6.92 Å². The lowest BCUT2D eigenvalue weighted by atomic mass is 10.1. The van der Waals surface area contributed by atoms with Crippen LogP contribution in [0.2, 0.25) is 0 Å². The Labute approximate surface area is 174 Å². The summed E-state index contributed by atoms with van der Waals surface area (Å²) in [5.74, 6) is -3.16. The van der Waals surface area contributed by atoms with E-state index in [1.165, 1.54) is 44.9 Å². The van der Waals surface area contributed by atoms with Crippen LogP contribution in [0.4, 0.5) is 0 Å². The second-order valence-electron chi connectivity index (χ2n) is 6.76. The summed E-state index contributed by atoms with van der Waals surface area (Å²) in [6, 6.07) is 0. The summed E-state index contributed by atoms with van der Waals surface area (Å²) in [6.45, 7) is 5.19. The fourth-order valence-electron chi connectivity index (χ4n) is 2.49. The summed E-state index contributed by atoms with van der Waals surface area (Å²) in [5.41, 5.74) is 0. The highest BCUT2D eigenvalue weighted by Crippen LogP contribution is 2.08. The van der Waals surface area contributed by atoms with Crippen molar-refractivity contribution in [3.63, 3.8) is 0 Å². The predicted octanol–water partition coefficient (Wildman–Crippen LogP) is 3.15. The molecule has 0 atom stereocenters. The first-order chi connectivity index (χ1) is 14.1. The molecule has 0 saturated heterocycles. The molecule has 0 aromatic carbocycles. The summed E-state index contributed by atoms with van der Waals surface area (Å²) < 4.78 is 21.0. The van der Waals surface area contributed by atoms with Crippen LogP contribution < -0.4 is 0 Å². The van der Waals surface area contributed by atoms with Crippen molar-refractivity contribution in [1.82, 2.24) is 0 Å². The number of carbonyl (C=O) groups excluding carboxylic acids is 2. The zero-order chi connectivity index (χ0) is 21.6. The molecule has 0 aliphatic rings. The molecule has 0 amide bonds. The lowest BCUT2D eigenvalue weighted by Gasteiger charge is -2.07. The summed E-state index contributed by atoms with van der Waals surface area (Å²) in [5, 5.41) is 8.39. The van der Waals surface area contributed by atoms with Crippen LogP contribution in [0.5, 0.6) is 0 Å². The average Bonchev–Trinajstić information content (AvgIpc) is 2.71. The number of Topliss-reactive ketones (excluding diaryl/α,β-unsaturated/α-hetero) is 1. The normalized spacial score (nSPS) is 10.8. The Morgan fingerprint density at radius 1 is 0.621 bits per heavy atom. The largest absolute Gasteiger partial charge is 0.476 e. The van der Waals surface area contributed by atoms with Crippen LogP contribution in [-0.2, 0) is 33.3 Å². The molecule has 0 spiro atoms. The Balaban J connectivity index is 3.17. The molecule has 29 heavy (non-hydrogen) atoms. The van der Waals surface area contributed by atoms with Crippen LogP contribution in [0.3, 0.4) is 0 Å². The number of carboxylic acid groups (broad SMARTS) is 1. The SMILES string of the molecule is CCCCCCCCCCOCCOCCOCCOC(=O)CCC(=O)C(=O)O. The van der Waals surface area contributed by atoms with Gasteiger partial charge < -0.3 is 24.1 Å². The minimum Gasteiger partial charge on any atom is -0.476 e. The fraction of sp³-hybridized carbons (Fsp3) is 0.857. The molecule has 0 bridgehead atoms. The molecule has 0 saturated carbocycles. The number of aliphatic carboxylic acids is 1. The van der Waals surface area contributed by atoms with Crippen molar-refractivity contribution < 1.29 is 38.4 Å². The molecule has 0 rings (SSSR count). The maximum Gasteiger partial charge on any atom is 0.372 e. The third-order valence-electron chi connectivity index (χ3n) is 4.17. The van der Waals surface area contributed by atoms with Crippen molar-refractivity contribution in [1.29, 1.82) is 0 Å². The molecule has 170 valence electrons. The zero-order valence-corrected chi connectivity index (χ0v) is 17.8. The van der Waals surface area contributed by atoms with Gasteiger partial charge >= 0.3 is 11.9 Å². The molecule has 8 heteroatoms. The highest BCUT2D eigenvalue weighted by atomic mass is 16.6. The van der Waals surface area contributed by atoms with E-state index >= 15 is 0 Å². The lowest BCUT2D eigenvalue weighted by Crippen LogP contribution is -2.17. The van der Waals surface area contributed by atoms with E-state index in [1.807, 2.05) is 0 Å². The zero-order valence-electron chi connectivity index (χ0n) is 17.8. The van der Waals surface area contributed by atoms with E-state index in [9.17, 15) is 14.4 Å². The van der Waals surface area contributed by atoms with Gasteiger partial charge in [0.1, 0.15) is 6.61 Å². The minimum absolute atomic E-state index is 0.0574. The number of esters is 1. The number of ketones is 1. The van der Waals surface area contributed by atoms with Gasteiger partial charge in [-0.2, -0.15) is 0 Å². The quantitative estimate of drug-likeness (QED) is 0.162. The molecule has 0 unspecified atom stereocenters. The van der Waals surface area contributed by atoms with Gasteiger partial charge in [-0.15, -0.1) is 0 Å². The second-order valence-corrected chi connectivity index (χ2v) is 6.76. The van der Waals surface area contributed by atoms with Crippen molar-refractivity contribution in [2.45, 2.75) is 71.1 Å². The van der Waals surface area contributed by atoms with Gasteiger partial charge in [0.2, 0.25) is 5.78 Å². The molecule has 0 aliphatic heterocycles. The average molecular weight is 419 g/mol. The van der Waals surface area contributed by atoms with E-state index in [4.69, 9.17) is 24.1 Å². The Morgan fingerprint density at radius 2 is 1.10 bits per heavy atom. The third kappa shape index (κ3) is 21.0. The Kier molecular flexibility index (Phi) is 20.1. The van der Waals surface area contributed by atoms with Crippen LogP contribution in [0.25, 0.3) is 0 Å². The van der Waals surface area contributed by atoms with Crippen molar-refractivity contribution >= 4 is 17.7 Å². The van der Waals surface area contributed by atoms with Gasteiger partial charge in [0.05, 0.1) is 39.5 Å². The monoisotopic (exact) mass is 418 g/mol. The lowest BCUT2D eigenvalue weighted by molar-refractivity contribution is -0.151. The molecule has 0 aromatic rings. The van der Waals surface area contributed by atoms with Crippen molar-refractivity contribution in [2.24, 2.45) is 0 Å². The van der Waals surface area contributed by atoms with Gasteiger partial charge in [-0.05, 0) is 6.42 Å². The van der Waals surface area contributed by atoms with E-state index in [-0.39, 0.29) is 26.1 Å². The number of ether oxygens (including phenoxy) is 4. The number of unbranched alkanes of at least 4 members (excludes halogenated alkanes) is 7. The van der Waals surface area contributed by atoms with Crippen LogP contribution in [0, 0.1) is 0 Å². The first-order valence-electron chi connectivity index (χ1n) is 10.7. The molecule has 8 nitrogen and oxygen atoms in total. The molecular formula is C21H38O8. The predicted molar refractivity (Wildman–Crippen MR) is 108 cm³/mol. The number of carboxylic acids is 1. The Morgan fingerprint density at radius 3 is 1.66 bits per heavy atom. The summed E-state index contributed by atoms with van der Waals surface area (Å²) in [6.07, 6.45) is 9.68. The van der Waals surface area contributed by atoms with Crippen LogP contribution >= 0.6 is 0 Å². The van der Waals surface area contributed by atoms with Crippen molar-refractivity contribution in [2.75, 3.05) is 46.2 Å². The fourth-order valence-corrected chi connectivity index (χ4v) is 2.49. The molecule has 1 N–H and O–H groups in total. The topological polar surface area (TPSA) is 108 Å². The minimum atomic E-state index is -1.54. The van der Waals surface area contributed by atoms with E-state index in [1.54, 1.807) is 0 Å². The maximum absolute atomic E-state index is 11.3. The highest BCUT2D eigenvalue weighted by molar-refractivity contribution is 6.32. The number of carbonyl (C=O) groups is 3. The molecule has 0 radical (unpaired) electrons. The Bertz CT molecular complexity index is 425. The first-order valence-corrected chi connectivity index (χ1v) is 10.7. The number of hydrogen-bond donors (Lipinski definition) is 1. The molecule has 0 aliphatic carbocycles. The first kappa shape index (κ1) is 27.5. The standard InChI is InChI=1S/C21H38O8/c1-2-3-4-5-6-7-8-9-12-26-13-14-27-15-16-28-17-18-29-20(23)11-10-19(22)21(24)25/h2-18H2,1H3,(H,24,25). The third-order valence-corrected chi connectivity index (χ3v) is 4.17. The highest BCUT2D eigenvalue weighted by Gasteiger charge is 2.14. The van der Waals surface area contributed by atoms with Gasteiger partial charge in [0, 0.05) is 13.0 Å². The van der Waals surface area contributed by atoms with E-state index < -0.39 is 17.7 Å². The molecule has 0 fully saturated rings. The second kappa shape index (κ2) is 21.2. The molecule has 0 aromatic heterocycles. The van der Waals surface area contributed by atoms with Crippen molar-refractivity contribution in [3.8, 4) is 0 Å². The number of hydrogen-bond acceptors (Lipinski definition) is 7. The van der Waals surface area contributed by atoms with E-state index in [0.717, 1.165) is 13.0 Å².